The number of aryl methyl sites for hydroxylation is 1. The molecule has 4 rings (SSSR count). The normalized spacial score (nSPS) is 13.1. The highest BCUT2D eigenvalue weighted by atomic mass is 32.1. The van der Waals surface area contributed by atoms with Crippen molar-refractivity contribution in [3.63, 3.8) is 0 Å². The van der Waals surface area contributed by atoms with Crippen LogP contribution in [0.15, 0.2) is 54.7 Å². The minimum absolute atomic E-state index is 0.00955. The SMILES string of the molecule is CCC(OCCc1sc(-c2ccc(C(F)(F)F)cc2)nc1C)c1ccc2cc[nH]c2c1. The summed E-state index contributed by atoms with van der Waals surface area (Å²) in [6.07, 6.45) is -0.816. The van der Waals surface area contributed by atoms with Gasteiger partial charge in [0.2, 0.25) is 0 Å². The first-order valence-electron chi connectivity index (χ1n) is 10.2. The molecule has 0 fully saturated rings. The number of thiazole rings is 1. The fourth-order valence-corrected chi connectivity index (χ4v) is 4.64. The van der Waals surface area contributed by atoms with E-state index in [4.69, 9.17) is 4.74 Å². The Morgan fingerprint density at radius 3 is 2.58 bits per heavy atom. The third-order valence-corrected chi connectivity index (χ3v) is 6.59. The van der Waals surface area contributed by atoms with Crippen LogP contribution < -0.4 is 0 Å². The molecule has 0 saturated heterocycles. The molecule has 3 nitrogen and oxygen atoms in total. The zero-order valence-electron chi connectivity index (χ0n) is 17.3. The first-order chi connectivity index (χ1) is 14.8. The molecule has 7 heteroatoms. The number of halogens is 3. The third-order valence-electron chi connectivity index (χ3n) is 5.32. The summed E-state index contributed by atoms with van der Waals surface area (Å²) < 4.78 is 44.5. The van der Waals surface area contributed by atoms with E-state index in [1.165, 1.54) is 28.9 Å². The number of aromatic amines is 1. The molecule has 2 aromatic heterocycles. The Morgan fingerprint density at radius 1 is 1.10 bits per heavy atom. The van der Waals surface area contributed by atoms with Gasteiger partial charge in [-0.05, 0) is 48.6 Å². The number of H-pyrrole nitrogens is 1. The largest absolute Gasteiger partial charge is 0.416 e. The van der Waals surface area contributed by atoms with Crippen LogP contribution in [-0.2, 0) is 17.3 Å². The van der Waals surface area contributed by atoms with Gasteiger partial charge in [-0.1, -0.05) is 31.2 Å². The Balaban J connectivity index is 1.41. The summed E-state index contributed by atoms with van der Waals surface area (Å²) in [6, 6.07) is 13.5. The topological polar surface area (TPSA) is 37.9 Å². The van der Waals surface area contributed by atoms with E-state index < -0.39 is 11.7 Å². The van der Waals surface area contributed by atoms with Crippen LogP contribution in [0.25, 0.3) is 21.5 Å². The number of fused-ring (bicyclic) bond motifs is 1. The van der Waals surface area contributed by atoms with Crippen molar-refractivity contribution in [3.8, 4) is 10.6 Å². The number of rotatable bonds is 7. The summed E-state index contributed by atoms with van der Waals surface area (Å²) in [6.45, 7) is 4.58. The standard InChI is InChI=1S/C24H23F3N2OS/c1-3-21(18-5-4-16-10-12-28-20(16)14-18)30-13-11-22-15(2)29-23(31-22)17-6-8-19(9-7-17)24(25,26)27/h4-10,12,14,21,28H,3,11,13H2,1-2H3. The van der Waals surface area contributed by atoms with Gasteiger partial charge >= 0.3 is 6.18 Å². The van der Waals surface area contributed by atoms with E-state index in [0.29, 0.717) is 18.6 Å². The average Bonchev–Trinajstić information content (AvgIpc) is 3.36. The van der Waals surface area contributed by atoms with Gasteiger partial charge in [-0.2, -0.15) is 13.2 Å². The molecule has 1 unspecified atom stereocenters. The predicted molar refractivity (Wildman–Crippen MR) is 118 cm³/mol. The molecule has 2 aromatic carbocycles. The van der Waals surface area contributed by atoms with Gasteiger partial charge in [-0.15, -0.1) is 11.3 Å². The van der Waals surface area contributed by atoms with Crippen molar-refractivity contribution in [1.29, 1.82) is 0 Å². The quantitative estimate of drug-likeness (QED) is 0.324. The van der Waals surface area contributed by atoms with E-state index in [0.717, 1.165) is 45.2 Å². The molecule has 0 saturated carbocycles. The Hall–Kier alpha value is -2.64. The summed E-state index contributed by atoms with van der Waals surface area (Å²) in [5.74, 6) is 0. The van der Waals surface area contributed by atoms with Crippen molar-refractivity contribution in [3.05, 3.63) is 76.4 Å². The molecule has 0 radical (unpaired) electrons. The Bertz CT molecular complexity index is 1160. The maximum Gasteiger partial charge on any atom is 0.416 e. The van der Waals surface area contributed by atoms with Crippen molar-refractivity contribution in [2.45, 2.75) is 39.0 Å². The highest BCUT2D eigenvalue weighted by molar-refractivity contribution is 7.15. The number of hydrogen-bond donors (Lipinski definition) is 1. The van der Waals surface area contributed by atoms with Crippen LogP contribution in [0, 0.1) is 6.92 Å². The number of hydrogen-bond acceptors (Lipinski definition) is 3. The highest BCUT2D eigenvalue weighted by Gasteiger charge is 2.30. The minimum Gasteiger partial charge on any atom is -0.373 e. The molecule has 0 bridgehead atoms. The zero-order chi connectivity index (χ0) is 22.0. The number of ether oxygens (including phenoxy) is 1. The molecule has 162 valence electrons. The smallest absolute Gasteiger partial charge is 0.373 e. The third kappa shape index (κ3) is 4.83. The molecule has 1 N–H and O–H groups in total. The van der Waals surface area contributed by atoms with Gasteiger partial charge in [0, 0.05) is 28.6 Å². The van der Waals surface area contributed by atoms with Crippen molar-refractivity contribution >= 4 is 22.2 Å². The molecule has 0 spiro atoms. The second-order valence-electron chi connectivity index (χ2n) is 7.44. The summed E-state index contributed by atoms with van der Waals surface area (Å²) >= 11 is 1.51. The molecule has 1 atom stereocenters. The molecule has 4 aromatic rings. The Morgan fingerprint density at radius 2 is 1.87 bits per heavy atom. The second-order valence-corrected chi connectivity index (χ2v) is 8.53. The molecule has 31 heavy (non-hydrogen) atoms. The van der Waals surface area contributed by atoms with Gasteiger partial charge in [0.25, 0.3) is 0 Å². The molecule has 0 amide bonds. The van der Waals surface area contributed by atoms with Crippen LogP contribution in [-0.4, -0.2) is 16.6 Å². The zero-order valence-corrected chi connectivity index (χ0v) is 18.1. The van der Waals surface area contributed by atoms with Crippen LogP contribution in [0.4, 0.5) is 13.2 Å². The van der Waals surface area contributed by atoms with Crippen molar-refractivity contribution in [1.82, 2.24) is 9.97 Å². The monoisotopic (exact) mass is 444 g/mol. The molecule has 0 aliphatic rings. The lowest BCUT2D eigenvalue weighted by molar-refractivity contribution is -0.137. The molecule has 0 aliphatic heterocycles. The maximum atomic E-state index is 12.8. The second kappa shape index (κ2) is 8.85. The van der Waals surface area contributed by atoms with E-state index in [9.17, 15) is 13.2 Å². The predicted octanol–water partition coefficient (Wildman–Crippen LogP) is 7.33. The maximum absolute atomic E-state index is 12.8. The van der Waals surface area contributed by atoms with Crippen molar-refractivity contribution < 1.29 is 17.9 Å². The molecule has 2 heterocycles. The first-order valence-corrected chi connectivity index (χ1v) is 11.0. The van der Waals surface area contributed by atoms with Gasteiger partial charge in [0.05, 0.1) is 24.0 Å². The van der Waals surface area contributed by atoms with Gasteiger partial charge in [-0.3, -0.25) is 0 Å². The fourth-order valence-electron chi connectivity index (χ4n) is 3.59. The summed E-state index contributed by atoms with van der Waals surface area (Å²) in [5, 5.41) is 1.90. The van der Waals surface area contributed by atoms with Gasteiger partial charge in [0.1, 0.15) is 5.01 Å². The highest BCUT2D eigenvalue weighted by Crippen LogP contribution is 2.33. The molecular formula is C24H23F3N2OS. The molecule has 0 aliphatic carbocycles. The number of nitrogens with one attached hydrogen (secondary N) is 1. The number of aromatic nitrogens is 2. The summed E-state index contributed by atoms with van der Waals surface area (Å²) in [7, 11) is 0. The number of nitrogens with zero attached hydrogens (tertiary/aromatic N) is 1. The van der Waals surface area contributed by atoms with E-state index in [-0.39, 0.29) is 6.10 Å². The first kappa shape index (κ1) is 21.6. The van der Waals surface area contributed by atoms with Crippen molar-refractivity contribution in [2.75, 3.05) is 6.61 Å². The molecular weight excluding hydrogens is 421 g/mol. The van der Waals surface area contributed by atoms with E-state index in [2.05, 4.69) is 35.1 Å². The van der Waals surface area contributed by atoms with Gasteiger partial charge in [-0.25, -0.2) is 4.98 Å². The summed E-state index contributed by atoms with van der Waals surface area (Å²) in [4.78, 5) is 8.88. The van der Waals surface area contributed by atoms with E-state index in [1.54, 1.807) is 0 Å². The minimum atomic E-state index is -4.33. The van der Waals surface area contributed by atoms with Crippen molar-refractivity contribution in [2.24, 2.45) is 0 Å². The van der Waals surface area contributed by atoms with E-state index >= 15 is 0 Å². The average molecular weight is 445 g/mol. The van der Waals surface area contributed by atoms with Gasteiger partial charge < -0.3 is 9.72 Å². The lowest BCUT2D eigenvalue weighted by Crippen LogP contribution is -2.06. The van der Waals surface area contributed by atoms with Gasteiger partial charge in [0.15, 0.2) is 0 Å². The van der Waals surface area contributed by atoms with Crippen LogP contribution in [0.1, 0.15) is 41.1 Å². The van der Waals surface area contributed by atoms with Crippen LogP contribution in [0.3, 0.4) is 0 Å². The Labute approximate surface area is 182 Å². The summed E-state index contributed by atoms with van der Waals surface area (Å²) in [5.41, 5.74) is 3.17. The fraction of sp³-hybridized carbons (Fsp3) is 0.292. The van der Waals surface area contributed by atoms with Crippen LogP contribution in [0.2, 0.25) is 0 Å². The lowest BCUT2D eigenvalue weighted by Gasteiger charge is -2.16. The lowest BCUT2D eigenvalue weighted by atomic mass is 10.1. The van der Waals surface area contributed by atoms with E-state index in [1.807, 2.05) is 19.2 Å². The Kier molecular flexibility index (Phi) is 6.16. The number of alkyl halides is 3. The van der Waals surface area contributed by atoms with Crippen LogP contribution in [0.5, 0.6) is 0 Å². The van der Waals surface area contributed by atoms with Crippen LogP contribution >= 0.6 is 11.3 Å². The number of benzene rings is 2.